The number of aromatic hydroxyl groups is 2. The molecule has 0 fully saturated rings. The van der Waals surface area contributed by atoms with Crippen LogP contribution in [0.1, 0.15) is 16.1 Å². The number of rotatable bonds is 3. The lowest BCUT2D eigenvalue weighted by molar-refractivity contribution is 0.0967. The average Bonchev–Trinajstić information content (AvgIpc) is 2.95. The third-order valence-corrected chi connectivity index (χ3v) is 3.18. The molecule has 6 nitrogen and oxygen atoms in total. The Morgan fingerprint density at radius 2 is 1.95 bits per heavy atom. The van der Waals surface area contributed by atoms with E-state index in [1.54, 1.807) is 12.1 Å². The van der Waals surface area contributed by atoms with Gasteiger partial charge in [0, 0.05) is 11.6 Å². The third kappa shape index (κ3) is 2.62. The van der Waals surface area contributed by atoms with Crippen molar-refractivity contribution < 1.29 is 15.0 Å². The molecule has 0 saturated carbocycles. The SMILES string of the molecule is O=C(N/C=C/c1ccc(O)c(O)c1)c1n[nH]c2ccccc12. The molecule has 0 aliphatic carbocycles. The summed E-state index contributed by atoms with van der Waals surface area (Å²) in [7, 11) is 0. The molecule has 22 heavy (non-hydrogen) atoms. The Labute approximate surface area is 125 Å². The van der Waals surface area contributed by atoms with Crippen LogP contribution in [0, 0.1) is 0 Å². The zero-order chi connectivity index (χ0) is 15.5. The van der Waals surface area contributed by atoms with Gasteiger partial charge >= 0.3 is 0 Å². The van der Waals surface area contributed by atoms with Crippen LogP contribution in [0.3, 0.4) is 0 Å². The number of hydrogen-bond donors (Lipinski definition) is 4. The highest BCUT2D eigenvalue weighted by Crippen LogP contribution is 2.25. The molecular weight excluding hydrogens is 282 g/mol. The minimum Gasteiger partial charge on any atom is -0.504 e. The highest BCUT2D eigenvalue weighted by atomic mass is 16.3. The maximum atomic E-state index is 12.1. The Kier molecular flexibility index (Phi) is 3.49. The monoisotopic (exact) mass is 295 g/mol. The van der Waals surface area contributed by atoms with Gasteiger partial charge in [-0.15, -0.1) is 0 Å². The zero-order valence-corrected chi connectivity index (χ0v) is 11.4. The molecule has 3 rings (SSSR count). The summed E-state index contributed by atoms with van der Waals surface area (Å²) in [5, 5.41) is 28.8. The van der Waals surface area contributed by atoms with Gasteiger partial charge in [-0.25, -0.2) is 0 Å². The molecule has 0 aliphatic heterocycles. The van der Waals surface area contributed by atoms with Crippen LogP contribution in [-0.2, 0) is 0 Å². The summed E-state index contributed by atoms with van der Waals surface area (Å²) in [4.78, 5) is 12.1. The number of aromatic nitrogens is 2. The highest BCUT2D eigenvalue weighted by Gasteiger charge is 2.11. The van der Waals surface area contributed by atoms with Gasteiger partial charge in [-0.1, -0.05) is 24.3 Å². The first kappa shape index (κ1) is 13.7. The summed E-state index contributed by atoms with van der Waals surface area (Å²) in [5.41, 5.74) is 1.75. The molecule has 0 unspecified atom stereocenters. The van der Waals surface area contributed by atoms with E-state index in [4.69, 9.17) is 0 Å². The van der Waals surface area contributed by atoms with Crippen molar-refractivity contribution in [1.29, 1.82) is 0 Å². The summed E-state index contributed by atoms with van der Waals surface area (Å²) in [6.07, 6.45) is 3.06. The molecule has 1 amide bonds. The number of benzene rings is 2. The van der Waals surface area contributed by atoms with E-state index in [1.165, 1.54) is 18.3 Å². The standard InChI is InChI=1S/C16H13N3O3/c20-13-6-5-10(9-14(13)21)7-8-17-16(22)15-11-3-1-2-4-12(11)18-19-15/h1-9,20-21H,(H,17,22)(H,18,19)/b8-7+. The highest BCUT2D eigenvalue weighted by molar-refractivity contribution is 6.05. The number of nitrogens with one attached hydrogen (secondary N) is 2. The van der Waals surface area contributed by atoms with Crippen molar-refractivity contribution in [2.45, 2.75) is 0 Å². The number of phenolic OH excluding ortho intramolecular Hbond substituents is 2. The first-order chi connectivity index (χ1) is 10.6. The summed E-state index contributed by atoms with van der Waals surface area (Å²) in [6.45, 7) is 0. The van der Waals surface area contributed by atoms with E-state index in [1.807, 2.05) is 24.3 Å². The Morgan fingerprint density at radius 3 is 2.77 bits per heavy atom. The molecule has 4 N–H and O–H groups in total. The molecule has 0 saturated heterocycles. The molecule has 1 aromatic heterocycles. The van der Waals surface area contributed by atoms with Gasteiger partial charge in [0.1, 0.15) is 0 Å². The second kappa shape index (κ2) is 5.61. The number of aromatic amines is 1. The topological polar surface area (TPSA) is 98.2 Å². The minimum atomic E-state index is -0.336. The number of hydrogen-bond acceptors (Lipinski definition) is 4. The fourth-order valence-corrected chi connectivity index (χ4v) is 2.06. The minimum absolute atomic E-state index is 0.191. The van der Waals surface area contributed by atoms with Gasteiger partial charge in [0.25, 0.3) is 5.91 Å². The molecule has 0 radical (unpaired) electrons. The van der Waals surface area contributed by atoms with Crippen LogP contribution in [0.4, 0.5) is 0 Å². The summed E-state index contributed by atoms with van der Waals surface area (Å²) < 4.78 is 0. The van der Waals surface area contributed by atoms with E-state index in [-0.39, 0.29) is 17.4 Å². The second-order valence-corrected chi connectivity index (χ2v) is 4.67. The largest absolute Gasteiger partial charge is 0.504 e. The van der Waals surface area contributed by atoms with Crippen LogP contribution in [0.25, 0.3) is 17.0 Å². The number of fused-ring (bicyclic) bond motifs is 1. The van der Waals surface area contributed by atoms with Crippen molar-refractivity contribution in [1.82, 2.24) is 15.5 Å². The molecule has 0 bridgehead atoms. The molecule has 0 spiro atoms. The Hall–Kier alpha value is -3.28. The van der Waals surface area contributed by atoms with Gasteiger partial charge in [-0.2, -0.15) is 5.10 Å². The maximum absolute atomic E-state index is 12.1. The second-order valence-electron chi connectivity index (χ2n) is 4.67. The molecule has 3 aromatic rings. The first-order valence-electron chi connectivity index (χ1n) is 6.57. The lowest BCUT2D eigenvalue weighted by Gasteiger charge is -1.99. The Balaban J connectivity index is 1.74. The zero-order valence-electron chi connectivity index (χ0n) is 11.4. The lowest BCUT2D eigenvalue weighted by atomic mass is 10.2. The molecule has 6 heteroatoms. The summed E-state index contributed by atoms with van der Waals surface area (Å²) in [5.74, 6) is -0.743. The van der Waals surface area contributed by atoms with Crippen LogP contribution in [0.2, 0.25) is 0 Å². The number of H-pyrrole nitrogens is 1. The van der Waals surface area contributed by atoms with Crippen LogP contribution < -0.4 is 5.32 Å². The van der Waals surface area contributed by atoms with E-state index in [9.17, 15) is 15.0 Å². The van der Waals surface area contributed by atoms with E-state index in [0.717, 1.165) is 10.9 Å². The fraction of sp³-hybridized carbons (Fsp3) is 0. The van der Waals surface area contributed by atoms with Crippen molar-refractivity contribution >= 4 is 22.9 Å². The first-order valence-corrected chi connectivity index (χ1v) is 6.57. The maximum Gasteiger partial charge on any atom is 0.276 e. The van der Waals surface area contributed by atoms with Crippen molar-refractivity contribution in [3.63, 3.8) is 0 Å². The van der Waals surface area contributed by atoms with Gasteiger partial charge in [0.15, 0.2) is 17.2 Å². The quantitative estimate of drug-likeness (QED) is 0.557. The molecule has 2 aromatic carbocycles. The van der Waals surface area contributed by atoms with E-state index >= 15 is 0 Å². The fourth-order valence-electron chi connectivity index (χ4n) is 2.06. The molecular formula is C16H13N3O3. The number of para-hydroxylation sites is 1. The van der Waals surface area contributed by atoms with Gasteiger partial charge < -0.3 is 15.5 Å². The van der Waals surface area contributed by atoms with E-state index in [2.05, 4.69) is 15.5 Å². The number of amides is 1. The molecule has 0 aliphatic rings. The predicted molar refractivity (Wildman–Crippen MR) is 82.4 cm³/mol. The van der Waals surface area contributed by atoms with Gasteiger partial charge in [0.05, 0.1) is 5.52 Å². The smallest absolute Gasteiger partial charge is 0.276 e. The van der Waals surface area contributed by atoms with Gasteiger partial charge in [0.2, 0.25) is 0 Å². The van der Waals surface area contributed by atoms with Crippen LogP contribution in [0.15, 0.2) is 48.7 Å². The molecule has 0 atom stereocenters. The van der Waals surface area contributed by atoms with Gasteiger partial charge in [-0.3, -0.25) is 9.89 Å². The van der Waals surface area contributed by atoms with E-state index < -0.39 is 0 Å². The number of nitrogens with zero attached hydrogens (tertiary/aromatic N) is 1. The summed E-state index contributed by atoms with van der Waals surface area (Å²) in [6, 6.07) is 11.7. The molecule has 1 heterocycles. The normalized spacial score (nSPS) is 11.1. The summed E-state index contributed by atoms with van der Waals surface area (Å²) >= 11 is 0. The van der Waals surface area contributed by atoms with Crippen LogP contribution in [0.5, 0.6) is 11.5 Å². The predicted octanol–water partition coefficient (Wildman–Crippen LogP) is 2.37. The number of carbonyl (C=O) groups excluding carboxylic acids is 1. The average molecular weight is 295 g/mol. The number of phenols is 2. The molecule has 110 valence electrons. The Morgan fingerprint density at radius 1 is 1.14 bits per heavy atom. The lowest BCUT2D eigenvalue weighted by Crippen LogP contribution is -2.17. The third-order valence-electron chi connectivity index (χ3n) is 3.18. The van der Waals surface area contributed by atoms with E-state index in [0.29, 0.717) is 11.3 Å². The van der Waals surface area contributed by atoms with Crippen LogP contribution >= 0.6 is 0 Å². The van der Waals surface area contributed by atoms with Crippen molar-refractivity contribution in [3.8, 4) is 11.5 Å². The van der Waals surface area contributed by atoms with Crippen LogP contribution in [-0.4, -0.2) is 26.3 Å². The Bertz CT molecular complexity index is 868. The van der Waals surface area contributed by atoms with Crippen molar-refractivity contribution in [2.75, 3.05) is 0 Å². The van der Waals surface area contributed by atoms with Crippen molar-refractivity contribution in [3.05, 3.63) is 59.9 Å². The van der Waals surface area contributed by atoms with Gasteiger partial charge in [-0.05, 0) is 29.8 Å². The van der Waals surface area contributed by atoms with Crippen molar-refractivity contribution in [2.24, 2.45) is 0 Å². The number of carbonyl (C=O) groups is 1.